The molecule has 2 rings (SSSR count). The lowest BCUT2D eigenvalue weighted by molar-refractivity contribution is -0.134. The van der Waals surface area contributed by atoms with E-state index in [-0.39, 0.29) is 0 Å². The van der Waals surface area contributed by atoms with Gasteiger partial charge in [0.1, 0.15) is 0 Å². The minimum absolute atomic E-state index is 0.297. The molecular weight excluding hydrogens is 264 g/mol. The van der Waals surface area contributed by atoms with E-state index in [0.29, 0.717) is 18.5 Å². The van der Waals surface area contributed by atoms with Crippen LogP contribution in [0.4, 0.5) is 0 Å². The lowest BCUT2D eigenvalue weighted by Gasteiger charge is -2.37. The highest BCUT2D eigenvalue weighted by Crippen LogP contribution is 2.16. The zero-order valence-electron chi connectivity index (χ0n) is 13.8. The maximum Gasteiger partial charge on any atom is 0.236 e. The van der Waals surface area contributed by atoms with Crippen LogP contribution in [0.5, 0.6) is 0 Å². The van der Waals surface area contributed by atoms with Crippen molar-refractivity contribution in [1.29, 1.82) is 0 Å². The SMILES string of the molecule is CCCN1CCC(N(C)C(=O)CN2CCCNCC2)CC1. The maximum atomic E-state index is 12.5. The van der Waals surface area contributed by atoms with Crippen molar-refractivity contribution in [2.75, 3.05) is 59.4 Å². The minimum atomic E-state index is 0.297. The molecule has 2 aliphatic heterocycles. The summed E-state index contributed by atoms with van der Waals surface area (Å²) in [6.45, 7) is 10.4. The van der Waals surface area contributed by atoms with E-state index in [4.69, 9.17) is 0 Å². The minimum Gasteiger partial charge on any atom is -0.342 e. The van der Waals surface area contributed by atoms with Gasteiger partial charge in [-0.1, -0.05) is 6.92 Å². The molecule has 5 nitrogen and oxygen atoms in total. The fourth-order valence-electron chi connectivity index (χ4n) is 3.41. The number of hydrogen-bond acceptors (Lipinski definition) is 4. The second-order valence-corrected chi connectivity index (χ2v) is 6.46. The molecule has 2 aliphatic rings. The number of hydrogen-bond donors (Lipinski definition) is 1. The molecule has 0 aromatic carbocycles. The summed E-state index contributed by atoms with van der Waals surface area (Å²) in [6, 6.07) is 0.440. The highest BCUT2D eigenvalue weighted by Gasteiger charge is 2.26. The second-order valence-electron chi connectivity index (χ2n) is 6.46. The number of rotatable bonds is 5. The zero-order valence-corrected chi connectivity index (χ0v) is 13.8. The van der Waals surface area contributed by atoms with Crippen molar-refractivity contribution in [3.63, 3.8) is 0 Å². The largest absolute Gasteiger partial charge is 0.342 e. The van der Waals surface area contributed by atoms with Crippen molar-refractivity contribution < 1.29 is 4.79 Å². The Morgan fingerprint density at radius 2 is 1.90 bits per heavy atom. The van der Waals surface area contributed by atoms with Gasteiger partial charge in [-0.25, -0.2) is 0 Å². The lowest BCUT2D eigenvalue weighted by Crippen LogP contribution is -2.48. The number of nitrogens with one attached hydrogen (secondary N) is 1. The van der Waals surface area contributed by atoms with Crippen LogP contribution in [-0.4, -0.2) is 86.1 Å². The summed E-state index contributed by atoms with van der Waals surface area (Å²) < 4.78 is 0. The fraction of sp³-hybridized carbons (Fsp3) is 0.938. The molecule has 21 heavy (non-hydrogen) atoms. The van der Waals surface area contributed by atoms with Crippen LogP contribution in [0.2, 0.25) is 0 Å². The van der Waals surface area contributed by atoms with Gasteiger partial charge in [0.2, 0.25) is 5.91 Å². The summed E-state index contributed by atoms with van der Waals surface area (Å²) in [5.74, 6) is 0.297. The van der Waals surface area contributed by atoms with Crippen LogP contribution < -0.4 is 5.32 Å². The van der Waals surface area contributed by atoms with E-state index in [9.17, 15) is 4.79 Å². The Morgan fingerprint density at radius 1 is 1.14 bits per heavy atom. The Balaban J connectivity index is 1.74. The molecule has 0 radical (unpaired) electrons. The summed E-state index contributed by atoms with van der Waals surface area (Å²) in [5.41, 5.74) is 0. The van der Waals surface area contributed by atoms with Gasteiger partial charge in [0.05, 0.1) is 6.54 Å². The molecule has 0 aromatic heterocycles. The molecule has 1 N–H and O–H groups in total. The first-order valence-electron chi connectivity index (χ1n) is 8.61. The number of piperidine rings is 1. The van der Waals surface area contributed by atoms with Crippen LogP contribution in [-0.2, 0) is 4.79 Å². The molecule has 2 heterocycles. The van der Waals surface area contributed by atoms with Crippen molar-refractivity contribution in [2.24, 2.45) is 0 Å². The molecule has 5 heteroatoms. The van der Waals surface area contributed by atoms with Crippen LogP contribution in [0, 0.1) is 0 Å². The van der Waals surface area contributed by atoms with Gasteiger partial charge in [-0.3, -0.25) is 9.69 Å². The molecule has 2 fully saturated rings. The van der Waals surface area contributed by atoms with E-state index in [1.54, 1.807) is 0 Å². The third-order valence-electron chi connectivity index (χ3n) is 4.83. The highest BCUT2D eigenvalue weighted by molar-refractivity contribution is 5.78. The number of likely N-dealkylation sites (N-methyl/N-ethyl adjacent to an activating group) is 1. The van der Waals surface area contributed by atoms with Crippen molar-refractivity contribution in [3.05, 3.63) is 0 Å². The molecule has 0 bridgehead atoms. The number of likely N-dealkylation sites (tertiary alicyclic amines) is 1. The summed E-state index contributed by atoms with van der Waals surface area (Å²) in [7, 11) is 2.00. The first-order valence-corrected chi connectivity index (χ1v) is 8.61. The first kappa shape index (κ1) is 16.7. The second kappa shape index (κ2) is 8.71. The summed E-state index contributed by atoms with van der Waals surface area (Å²) in [5, 5.41) is 3.39. The molecule has 1 amide bonds. The predicted molar refractivity (Wildman–Crippen MR) is 86.4 cm³/mol. The predicted octanol–water partition coefficient (Wildman–Crippen LogP) is 0.615. The summed E-state index contributed by atoms with van der Waals surface area (Å²) >= 11 is 0. The van der Waals surface area contributed by atoms with Crippen molar-refractivity contribution in [2.45, 2.75) is 38.6 Å². The van der Waals surface area contributed by atoms with Gasteiger partial charge >= 0.3 is 0 Å². The standard InChI is InChI=1S/C16H32N4O/c1-3-9-19-11-5-15(6-12-19)18(2)16(21)14-20-10-4-7-17-8-13-20/h15,17H,3-14H2,1-2H3. The quantitative estimate of drug-likeness (QED) is 0.807. The average Bonchev–Trinajstić information content (AvgIpc) is 2.76. The van der Waals surface area contributed by atoms with Gasteiger partial charge in [-0.05, 0) is 45.3 Å². The molecule has 122 valence electrons. The van der Waals surface area contributed by atoms with E-state index < -0.39 is 0 Å². The van der Waals surface area contributed by atoms with Crippen LogP contribution in [0.25, 0.3) is 0 Å². The maximum absolute atomic E-state index is 12.5. The van der Waals surface area contributed by atoms with Crippen LogP contribution in [0.3, 0.4) is 0 Å². The highest BCUT2D eigenvalue weighted by atomic mass is 16.2. The number of carbonyl (C=O) groups excluding carboxylic acids is 1. The van der Waals surface area contributed by atoms with Gasteiger partial charge in [0, 0.05) is 39.3 Å². The van der Waals surface area contributed by atoms with E-state index in [1.807, 2.05) is 11.9 Å². The smallest absolute Gasteiger partial charge is 0.236 e. The van der Waals surface area contributed by atoms with Crippen molar-refractivity contribution in [3.8, 4) is 0 Å². The molecule has 0 aliphatic carbocycles. The van der Waals surface area contributed by atoms with Gasteiger partial charge < -0.3 is 15.1 Å². The van der Waals surface area contributed by atoms with Crippen LogP contribution in [0.1, 0.15) is 32.6 Å². The topological polar surface area (TPSA) is 38.8 Å². The molecule has 2 saturated heterocycles. The number of amides is 1. The Labute approximate surface area is 129 Å². The van der Waals surface area contributed by atoms with E-state index in [1.165, 1.54) is 13.0 Å². The monoisotopic (exact) mass is 296 g/mol. The lowest BCUT2D eigenvalue weighted by atomic mass is 10.0. The Kier molecular flexibility index (Phi) is 6.93. The third kappa shape index (κ3) is 5.24. The zero-order chi connectivity index (χ0) is 15.1. The van der Waals surface area contributed by atoms with E-state index >= 15 is 0 Å². The molecule has 0 spiro atoms. The molecule has 0 atom stereocenters. The van der Waals surface area contributed by atoms with Crippen molar-refractivity contribution in [1.82, 2.24) is 20.0 Å². The fourth-order valence-corrected chi connectivity index (χ4v) is 3.41. The van der Waals surface area contributed by atoms with Gasteiger partial charge in [0.15, 0.2) is 0 Å². The van der Waals surface area contributed by atoms with Crippen molar-refractivity contribution >= 4 is 5.91 Å². The third-order valence-corrected chi connectivity index (χ3v) is 4.83. The molecule has 0 unspecified atom stereocenters. The first-order chi connectivity index (χ1) is 10.2. The Morgan fingerprint density at radius 3 is 2.62 bits per heavy atom. The summed E-state index contributed by atoms with van der Waals surface area (Å²) in [4.78, 5) is 19.3. The van der Waals surface area contributed by atoms with E-state index in [2.05, 4.69) is 22.0 Å². The average molecular weight is 296 g/mol. The van der Waals surface area contributed by atoms with Gasteiger partial charge in [0.25, 0.3) is 0 Å². The van der Waals surface area contributed by atoms with Crippen LogP contribution >= 0.6 is 0 Å². The normalized spacial score (nSPS) is 23.0. The van der Waals surface area contributed by atoms with Crippen LogP contribution in [0.15, 0.2) is 0 Å². The molecule has 0 saturated carbocycles. The summed E-state index contributed by atoms with van der Waals surface area (Å²) in [6.07, 6.45) is 4.63. The molecular formula is C16H32N4O. The van der Waals surface area contributed by atoms with Gasteiger partial charge in [-0.2, -0.15) is 0 Å². The Bertz CT molecular complexity index is 307. The number of nitrogens with zero attached hydrogens (tertiary/aromatic N) is 3. The number of carbonyl (C=O) groups is 1. The van der Waals surface area contributed by atoms with E-state index in [0.717, 1.165) is 58.5 Å². The van der Waals surface area contributed by atoms with Gasteiger partial charge in [-0.15, -0.1) is 0 Å². The Hall–Kier alpha value is -0.650. The molecule has 0 aromatic rings.